The van der Waals surface area contributed by atoms with E-state index in [1.807, 2.05) is 20.8 Å². The van der Waals surface area contributed by atoms with Crippen molar-refractivity contribution < 1.29 is 18.4 Å². The highest BCUT2D eigenvalue weighted by atomic mass is 19.1. The molecule has 0 bridgehead atoms. The fourth-order valence-corrected chi connectivity index (χ4v) is 5.00. The smallest absolute Gasteiger partial charge is 0.226 e. The minimum absolute atomic E-state index is 0. The van der Waals surface area contributed by atoms with Gasteiger partial charge in [0.25, 0.3) is 0 Å². The Labute approximate surface area is 156 Å². The van der Waals surface area contributed by atoms with Crippen molar-refractivity contribution >= 4 is 11.8 Å². The van der Waals surface area contributed by atoms with Crippen molar-refractivity contribution in [2.45, 2.75) is 78.8 Å². The second-order valence-corrected chi connectivity index (χ2v) is 8.84. The molecular formula is C20H34F2N2O2. The largest absolute Gasteiger partial charge is 0.336 e. The van der Waals surface area contributed by atoms with Gasteiger partial charge in [-0.2, -0.15) is 0 Å². The molecule has 2 amide bonds. The second kappa shape index (κ2) is 7.08. The van der Waals surface area contributed by atoms with Gasteiger partial charge in [-0.15, -0.1) is 0 Å². The maximum atomic E-state index is 13.6. The van der Waals surface area contributed by atoms with E-state index < -0.39 is 11.8 Å². The number of alkyl halides is 2. The molecule has 0 aliphatic carbocycles. The van der Waals surface area contributed by atoms with Crippen molar-refractivity contribution in [2.75, 3.05) is 13.1 Å². The highest BCUT2D eigenvalue weighted by molar-refractivity contribution is 5.82. The van der Waals surface area contributed by atoms with E-state index >= 15 is 0 Å². The van der Waals surface area contributed by atoms with Gasteiger partial charge in [-0.05, 0) is 18.8 Å². The van der Waals surface area contributed by atoms with Crippen LogP contribution in [0.15, 0.2) is 0 Å². The molecule has 4 heterocycles. The van der Waals surface area contributed by atoms with E-state index in [1.165, 1.54) is 0 Å². The summed E-state index contributed by atoms with van der Waals surface area (Å²) in [7, 11) is 0. The predicted octanol–water partition coefficient (Wildman–Crippen LogP) is 3.45. The van der Waals surface area contributed by atoms with E-state index in [-0.39, 0.29) is 43.2 Å². The van der Waals surface area contributed by atoms with E-state index in [9.17, 15) is 18.4 Å². The van der Waals surface area contributed by atoms with Crippen LogP contribution in [0.5, 0.6) is 0 Å². The van der Waals surface area contributed by atoms with E-state index in [1.54, 1.807) is 16.7 Å². The number of hydrogen-bond acceptors (Lipinski definition) is 2. The predicted molar refractivity (Wildman–Crippen MR) is 98.0 cm³/mol. The van der Waals surface area contributed by atoms with Crippen molar-refractivity contribution in [3.63, 3.8) is 0 Å². The van der Waals surface area contributed by atoms with Gasteiger partial charge < -0.3 is 9.80 Å². The summed E-state index contributed by atoms with van der Waals surface area (Å²) in [6.45, 7) is 10.2. The molecular weight excluding hydrogens is 338 g/mol. The molecule has 0 aromatic carbocycles. The molecule has 0 aromatic rings. The summed E-state index contributed by atoms with van der Waals surface area (Å²) in [6.07, 6.45) is 0.287. The Morgan fingerprint density at radius 1 is 0.962 bits per heavy atom. The van der Waals surface area contributed by atoms with Crippen LogP contribution in [0.4, 0.5) is 8.78 Å². The van der Waals surface area contributed by atoms with Crippen LogP contribution in [0.3, 0.4) is 0 Å². The molecule has 150 valence electrons. The van der Waals surface area contributed by atoms with Gasteiger partial charge in [0.05, 0.1) is 13.1 Å². The number of nitrogens with zero attached hydrogens (tertiary/aromatic N) is 2. The third kappa shape index (κ3) is 3.36. The lowest BCUT2D eigenvalue weighted by Crippen LogP contribution is -2.31. The van der Waals surface area contributed by atoms with Crippen LogP contribution in [-0.4, -0.2) is 58.6 Å². The number of rotatable bonds is 0. The first-order valence-corrected chi connectivity index (χ1v) is 9.47. The lowest BCUT2D eigenvalue weighted by atomic mass is 9.89. The summed E-state index contributed by atoms with van der Waals surface area (Å²) in [5.41, 5.74) is -1.16. The average molecular weight is 373 g/mol. The normalized spacial score (nSPS) is 46.7. The second-order valence-electron chi connectivity index (χ2n) is 8.84. The number of halogens is 2. The molecule has 4 rings (SSSR count). The summed E-state index contributed by atoms with van der Waals surface area (Å²) >= 11 is 0. The third-order valence-electron chi connectivity index (χ3n) is 6.96. The first kappa shape index (κ1) is 21.1. The minimum Gasteiger partial charge on any atom is -0.336 e. The Morgan fingerprint density at radius 3 is 1.96 bits per heavy atom. The maximum Gasteiger partial charge on any atom is 0.226 e. The lowest BCUT2D eigenvalue weighted by molar-refractivity contribution is -0.131. The molecule has 0 radical (unpaired) electrons. The zero-order valence-electron chi connectivity index (χ0n) is 15.8. The summed E-state index contributed by atoms with van der Waals surface area (Å²) in [4.78, 5) is 26.6. The summed E-state index contributed by atoms with van der Waals surface area (Å²) in [5, 5.41) is 0. The lowest BCUT2D eigenvalue weighted by Gasteiger charge is -2.16. The highest BCUT2D eigenvalue weighted by Gasteiger charge is 2.52. The maximum absolute atomic E-state index is 13.6. The SMILES string of the molecule is C.CC1C(=O)N2CC(C)(F)C[C@H]2C1C.CC1C(=O)N2CC(F)C[C@H]2C1C. The third-order valence-corrected chi connectivity index (χ3v) is 6.96. The number of hydrogen-bond donors (Lipinski definition) is 0. The van der Waals surface area contributed by atoms with Crippen LogP contribution in [0.1, 0.15) is 54.9 Å². The first-order chi connectivity index (χ1) is 11.5. The summed E-state index contributed by atoms with van der Waals surface area (Å²) in [5.74, 6) is 1.11. The van der Waals surface area contributed by atoms with E-state index in [2.05, 4.69) is 6.92 Å². The Morgan fingerprint density at radius 2 is 1.46 bits per heavy atom. The van der Waals surface area contributed by atoms with Crippen molar-refractivity contribution in [1.29, 1.82) is 0 Å². The van der Waals surface area contributed by atoms with Gasteiger partial charge in [-0.3, -0.25) is 9.59 Å². The molecule has 8 atom stereocenters. The van der Waals surface area contributed by atoms with E-state index in [0.29, 0.717) is 37.8 Å². The quantitative estimate of drug-likeness (QED) is 0.653. The Kier molecular flexibility index (Phi) is 5.75. The Balaban J connectivity index is 0.000000180. The van der Waals surface area contributed by atoms with Gasteiger partial charge in [-0.25, -0.2) is 8.78 Å². The van der Waals surface area contributed by atoms with Gasteiger partial charge in [0.1, 0.15) is 11.8 Å². The molecule has 4 fully saturated rings. The molecule has 0 N–H and O–H groups in total. The summed E-state index contributed by atoms with van der Waals surface area (Å²) in [6, 6.07) is 0.333. The van der Waals surface area contributed by atoms with Gasteiger partial charge in [-0.1, -0.05) is 35.1 Å². The van der Waals surface area contributed by atoms with Crippen molar-refractivity contribution in [1.82, 2.24) is 9.80 Å². The van der Waals surface area contributed by atoms with Crippen LogP contribution in [-0.2, 0) is 9.59 Å². The van der Waals surface area contributed by atoms with Crippen molar-refractivity contribution in [3.8, 4) is 0 Å². The Bertz CT molecular complexity index is 568. The van der Waals surface area contributed by atoms with Crippen molar-refractivity contribution in [2.24, 2.45) is 23.7 Å². The van der Waals surface area contributed by atoms with Gasteiger partial charge >= 0.3 is 0 Å². The summed E-state index contributed by atoms with van der Waals surface area (Å²) < 4.78 is 26.5. The highest BCUT2D eigenvalue weighted by Crippen LogP contribution is 2.42. The standard InChI is InChI=1S/C10H16FNO.C9H14FNO.CH4/c1-6-7(2)9(13)12-5-10(3,11)4-8(6)12;1-5-6(2)9(12)11-4-7(10)3-8(5)11;/h6-8H,4-5H2,1-3H3;5-8H,3-4H2,1-2H3;1H4/t6?,7?,8-,10?;5?,6?,7?,8-;/m00./s1. The molecule has 0 saturated carbocycles. The zero-order chi connectivity index (χ0) is 18.7. The van der Waals surface area contributed by atoms with Crippen LogP contribution in [0, 0.1) is 23.7 Å². The fraction of sp³-hybridized carbons (Fsp3) is 0.900. The number of amides is 2. The average Bonchev–Trinajstić information content (AvgIpc) is 3.19. The molecule has 6 unspecified atom stereocenters. The minimum atomic E-state index is -1.16. The zero-order valence-corrected chi connectivity index (χ0v) is 15.8. The molecule has 26 heavy (non-hydrogen) atoms. The van der Waals surface area contributed by atoms with Crippen LogP contribution in [0.25, 0.3) is 0 Å². The molecule has 4 saturated heterocycles. The topological polar surface area (TPSA) is 40.6 Å². The molecule has 0 aromatic heterocycles. The van der Waals surface area contributed by atoms with Gasteiger partial charge in [0.15, 0.2) is 0 Å². The molecule has 0 spiro atoms. The molecule has 4 aliphatic rings. The van der Waals surface area contributed by atoms with Gasteiger partial charge in [0.2, 0.25) is 11.8 Å². The monoisotopic (exact) mass is 372 g/mol. The van der Waals surface area contributed by atoms with Crippen LogP contribution in [0.2, 0.25) is 0 Å². The fourth-order valence-electron chi connectivity index (χ4n) is 5.00. The molecule has 4 aliphatic heterocycles. The van der Waals surface area contributed by atoms with E-state index in [4.69, 9.17) is 0 Å². The molecule has 4 nitrogen and oxygen atoms in total. The molecule has 6 heteroatoms. The van der Waals surface area contributed by atoms with Crippen LogP contribution < -0.4 is 0 Å². The number of carbonyl (C=O) groups excluding carboxylic acids is 2. The number of fused-ring (bicyclic) bond motifs is 2. The van der Waals surface area contributed by atoms with Crippen LogP contribution >= 0.6 is 0 Å². The van der Waals surface area contributed by atoms with Crippen molar-refractivity contribution in [3.05, 3.63) is 0 Å². The Hall–Kier alpha value is -1.20. The first-order valence-electron chi connectivity index (χ1n) is 9.47. The number of carbonyl (C=O) groups is 2. The van der Waals surface area contributed by atoms with E-state index in [0.717, 1.165) is 0 Å². The van der Waals surface area contributed by atoms with Gasteiger partial charge in [0, 0.05) is 36.8 Å².